The lowest BCUT2D eigenvalue weighted by atomic mass is 9.97. The molecule has 1 aliphatic rings. The molecule has 0 bridgehead atoms. The maximum Gasteiger partial charge on any atom is 0.262 e. The molecule has 5 rings (SSSR count). The van der Waals surface area contributed by atoms with Gasteiger partial charge < -0.3 is 5.32 Å². The smallest absolute Gasteiger partial charge is 0.262 e. The Labute approximate surface area is 189 Å². The molecule has 0 unspecified atom stereocenters. The molecule has 1 aromatic carbocycles. The van der Waals surface area contributed by atoms with Crippen molar-refractivity contribution in [1.82, 2.24) is 24.6 Å². The maximum absolute atomic E-state index is 13.0. The van der Waals surface area contributed by atoms with Gasteiger partial charge in [-0.1, -0.05) is 12.1 Å². The van der Waals surface area contributed by atoms with Crippen LogP contribution in [0.15, 0.2) is 53.8 Å². The topological polar surface area (TPSA) is 81.8 Å². The summed E-state index contributed by atoms with van der Waals surface area (Å²) in [4.78, 5) is 31.9. The van der Waals surface area contributed by atoms with Gasteiger partial charge in [-0.3, -0.25) is 14.2 Å². The Morgan fingerprint density at radius 3 is 2.81 bits per heavy atom. The van der Waals surface area contributed by atoms with Gasteiger partial charge in [-0.05, 0) is 61.4 Å². The van der Waals surface area contributed by atoms with Crippen LogP contribution in [0.2, 0.25) is 0 Å². The van der Waals surface area contributed by atoms with E-state index in [9.17, 15) is 9.59 Å². The van der Waals surface area contributed by atoms with Gasteiger partial charge in [0.25, 0.3) is 5.56 Å². The van der Waals surface area contributed by atoms with Crippen LogP contribution in [0, 0.1) is 0 Å². The van der Waals surface area contributed by atoms with E-state index in [1.807, 2.05) is 41.2 Å². The van der Waals surface area contributed by atoms with Crippen LogP contribution in [0.1, 0.15) is 35.3 Å². The number of nitrogens with one attached hydrogen (secondary N) is 1. The van der Waals surface area contributed by atoms with E-state index in [0.29, 0.717) is 13.1 Å². The van der Waals surface area contributed by atoms with Gasteiger partial charge in [0.1, 0.15) is 4.83 Å². The molecule has 0 spiro atoms. The van der Waals surface area contributed by atoms with Crippen molar-refractivity contribution in [2.45, 2.75) is 45.1 Å². The number of nitrogens with zero attached hydrogens (tertiary/aromatic N) is 4. The molecule has 3 heterocycles. The number of carbonyl (C=O) groups excluding carboxylic acids is 1. The molecule has 0 radical (unpaired) electrons. The molecule has 1 amide bonds. The van der Waals surface area contributed by atoms with Crippen LogP contribution in [-0.2, 0) is 30.6 Å². The fourth-order valence-electron chi connectivity index (χ4n) is 4.23. The molecule has 0 atom stereocenters. The molecule has 3 aromatic heterocycles. The quantitative estimate of drug-likeness (QED) is 0.471. The number of amides is 1. The maximum atomic E-state index is 13.0. The summed E-state index contributed by atoms with van der Waals surface area (Å²) in [5.74, 6) is -0.0579. The number of hydrogen-bond donors (Lipinski definition) is 1. The van der Waals surface area contributed by atoms with Crippen molar-refractivity contribution < 1.29 is 4.79 Å². The summed E-state index contributed by atoms with van der Waals surface area (Å²) in [5.41, 5.74) is 3.32. The summed E-state index contributed by atoms with van der Waals surface area (Å²) < 4.78 is 3.39. The van der Waals surface area contributed by atoms with Gasteiger partial charge in [0.15, 0.2) is 0 Å². The zero-order valence-electron chi connectivity index (χ0n) is 17.8. The Hall–Kier alpha value is -3.26. The third-order valence-electron chi connectivity index (χ3n) is 5.96. The highest BCUT2D eigenvalue weighted by Crippen LogP contribution is 2.33. The predicted octanol–water partition coefficient (Wildman–Crippen LogP) is 3.27. The molecule has 0 fully saturated rings. The van der Waals surface area contributed by atoms with Gasteiger partial charge >= 0.3 is 0 Å². The third-order valence-corrected chi connectivity index (χ3v) is 7.16. The Bertz CT molecular complexity index is 1290. The normalized spacial score (nSPS) is 13.2. The van der Waals surface area contributed by atoms with E-state index < -0.39 is 0 Å². The summed E-state index contributed by atoms with van der Waals surface area (Å²) in [6.07, 6.45) is 10.6. The molecular formula is C24H25N5O2S. The lowest BCUT2D eigenvalue weighted by molar-refractivity contribution is -0.121. The number of rotatable bonds is 7. The van der Waals surface area contributed by atoms with Crippen LogP contribution in [0.3, 0.4) is 0 Å². The number of fused-ring (bicyclic) bond motifs is 3. The van der Waals surface area contributed by atoms with E-state index >= 15 is 0 Å². The van der Waals surface area contributed by atoms with Crippen LogP contribution < -0.4 is 10.9 Å². The molecule has 1 N–H and O–H groups in total. The molecular weight excluding hydrogens is 422 g/mol. The lowest BCUT2D eigenvalue weighted by Crippen LogP contribution is -2.29. The minimum absolute atomic E-state index is 0.0144. The van der Waals surface area contributed by atoms with E-state index in [-0.39, 0.29) is 17.9 Å². The fraction of sp³-hybridized carbons (Fsp3) is 0.333. The van der Waals surface area contributed by atoms with Gasteiger partial charge in [-0.2, -0.15) is 5.10 Å². The minimum atomic E-state index is -0.0579. The number of aromatic nitrogens is 4. The van der Waals surface area contributed by atoms with E-state index in [1.54, 1.807) is 28.4 Å². The van der Waals surface area contributed by atoms with Crippen LogP contribution in [-0.4, -0.2) is 31.8 Å². The molecule has 0 saturated heterocycles. The van der Waals surface area contributed by atoms with E-state index in [0.717, 1.165) is 47.2 Å². The highest BCUT2D eigenvalue weighted by atomic mass is 32.1. The van der Waals surface area contributed by atoms with E-state index in [2.05, 4.69) is 15.4 Å². The second-order valence-electron chi connectivity index (χ2n) is 8.10. The Morgan fingerprint density at radius 2 is 2.00 bits per heavy atom. The molecule has 4 aromatic rings. The standard InChI is InChI=1S/C24H25N5O2S/c30-21(25-13-10-17-6-8-18(9-7-17)29-14-3-12-27-29)11-15-28-16-26-23-22(24(28)31)19-4-1-2-5-20(19)32-23/h3,6-9,12,14,16H,1-2,4-5,10-11,13,15H2,(H,25,30). The van der Waals surface area contributed by atoms with Crippen LogP contribution in [0.25, 0.3) is 15.9 Å². The van der Waals surface area contributed by atoms with E-state index in [4.69, 9.17) is 0 Å². The molecule has 8 heteroatoms. The third kappa shape index (κ3) is 4.23. The molecule has 0 aliphatic heterocycles. The highest BCUT2D eigenvalue weighted by Gasteiger charge is 2.20. The average molecular weight is 448 g/mol. The molecule has 0 saturated carbocycles. The monoisotopic (exact) mass is 447 g/mol. The summed E-state index contributed by atoms with van der Waals surface area (Å²) in [6, 6.07) is 10.0. The van der Waals surface area contributed by atoms with Crippen molar-refractivity contribution in [3.05, 3.63) is 75.4 Å². The molecule has 32 heavy (non-hydrogen) atoms. The average Bonchev–Trinajstić information content (AvgIpc) is 3.47. The summed E-state index contributed by atoms with van der Waals surface area (Å²) in [7, 11) is 0. The molecule has 7 nitrogen and oxygen atoms in total. The molecule has 1 aliphatic carbocycles. The number of aryl methyl sites for hydroxylation is 3. The Morgan fingerprint density at radius 1 is 1.16 bits per heavy atom. The van der Waals surface area contributed by atoms with Crippen LogP contribution in [0.5, 0.6) is 0 Å². The van der Waals surface area contributed by atoms with Crippen LogP contribution >= 0.6 is 11.3 Å². The van der Waals surface area contributed by atoms with E-state index in [1.165, 1.54) is 16.9 Å². The molecule has 164 valence electrons. The number of thiophene rings is 1. The zero-order valence-corrected chi connectivity index (χ0v) is 18.6. The minimum Gasteiger partial charge on any atom is -0.356 e. The first-order valence-corrected chi connectivity index (χ1v) is 11.9. The van der Waals surface area contributed by atoms with Crippen molar-refractivity contribution in [3.63, 3.8) is 0 Å². The van der Waals surface area contributed by atoms with Crippen molar-refractivity contribution in [2.24, 2.45) is 0 Å². The Kier molecular flexibility index (Phi) is 5.85. The van der Waals surface area contributed by atoms with Crippen molar-refractivity contribution in [3.8, 4) is 5.69 Å². The predicted molar refractivity (Wildman–Crippen MR) is 125 cm³/mol. The SMILES string of the molecule is O=C(CCn1cnc2sc3c(c2c1=O)CCCC3)NCCc1ccc(-n2cccn2)cc1. The number of hydrogen-bond acceptors (Lipinski definition) is 5. The summed E-state index contributed by atoms with van der Waals surface area (Å²) in [6.45, 7) is 0.904. The van der Waals surface area contributed by atoms with Crippen LogP contribution in [0.4, 0.5) is 0 Å². The lowest BCUT2D eigenvalue weighted by Gasteiger charge is -2.10. The van der Waals surface area contributed by atoms with Gasteiger partial charge in [-0.15, -0.1) is 11.3 Å². The second kappa shape index (κ2) is 9.08. The van der Waals surface area contributed by atoms with Gasteiger partial charge in [0.05, 0.1) is 17.4 Å². The first kappa shape index (κ1) is 20.6. The van der Waals surface area contributed by atoms with Crippen molar-refractivity contribution >= 4 is 27.5 Å². The van der Waals surface area contributed by atoms with Gasteiger partial charge in [-0.25, -0.2) is 9.67 Å². The van der Waals surface area contributed by atoms with Crippen molar-refractivity contribution in [2.75, 3.05) is 6.54 Å². The largest absolute Gasteiger partial charge is 0.356 e. The highest BCUT2D eigenvalue weighted by molar-refractivity contribution is 7.18. The van der Waals surface area contributed by atoms with Gasteiger partial charge in [0, 0.05) is 36.8 Å². The Balaban J connectivity index is 1.15. The second-order valence-corrected chi connectivity index (χ2v) is 9.18. The first-order chi connectivity index (χ1) is 15.7. The number of benzene rings is 1. The first-order valence-electron chi connectivity index (χ1n) is 11.0. The summed E-state index contributed by atoms with van der Waals surface area (Å²) in [5, 5.41) is 7.94. The fourth-order valence-corrected chi connectivity index (χ4v) is 5.45. The number of carbonyl (C=O) groups is 1. The summed E-state index contributed by atoms with van der Waals surface area (Å²) >= 11 is 1.65. The van der Waals surface area contributed by atoms with Gasteiger partial charge in [0.2, 0.25) is 5.91 Å². The van der Waals surface area contributed by atoms with Crippen molar-refractivity contribution in [1.29, 1.82) is 0 Å². The zero-order chi connectivity index (χ0) is 21.9.